The van der Waals surface area contributed by atoms with Crippen LogP contribution >= 0.6 is 0 Å². The lowest BCUT2D eigenvalue weighted by atomic mass is 9.77. The summed E-state index contributed by atoms with van der Waals surface area (Å²) < 4.78 is 8.72. The molecule has 0 N–H and O–H groups in total. The van der Waals surface area contributed by atoms with E-state index in [2.05, 4.69) is 115 Å². The number of para-hydroxylation sites is 2. The summed E-state index contributed by atoms with van der Waals surface area (Å²) in [4.78, 5) is 14.9. The first-order valence-electron chi connectivity index (χ1n) is 17.9. The van der Waals surface area contributed by atoms with Crippen LogP contribution in [0.15, 0.2) is 174 Å². The molecule has 0 saturated heterocycles. The minimum absolute atomic E-state index is 0.338. The van der Waals surface area contributed by atoms with Gasteiger partial charge in [0.15, 0.2) is 17.5 Å². The number of fused-ring (bicyclic) bond motifs is 6. The third-order valence-electron chi connectivity index (χ3n) is 10.5. The lowest BCUT2D eigenvalue weighted by molar-refractivity contribution is 0.642. The molecule has 0 spiro atoms. The van der Waals surface area contributed by atoms with E-state index >= 15 is 0 Å². The van der Waals surface area contributed by atoms with Crippen molar-refractivity contribution in [1.29, 1.82) is 0 Å². The smallest absolute Gasteiger partial charge is 0.164 e. The molecule has 0 unspecified atom stereocenters. The second kappa shape index (κ2) is 12.1. The van der Waals surface area contributed by atoms with Crippen molar-refractivity contribution in [3.8, 4) is 39.9 Å². The molecule has 0 bridgehead atoms. The second-order valence-corrected chi connectivity index (χ2v) is 14.1. The van der Waals surface area contributed by atoms with Crippen molar-refractivity contribution in [3.63, 3.8) is 0 Å². The molecule has 0 atom stereocenters. The van der Waals surface area contributed by atoms with Crippen molar-refractivity contribution >= 4 is 43.7 Å². The average Bonchev–Trinajstić information content (AvgIpc) is 3.75. The summed E-state index contributed by atoms with van der Waals surface area (Å²) in [6.07, 6.45) is 0. The number of hydrogen-bond acceptors (Lipinski definition) is 4. The number of hydrogen-bond donors (Lipinski definition) is 0. The van der Waals surface area contributed by atoms with Crippen LogP contribution in [-0.2, 0) is 5.41 Å². The zero-order valence-electron chi connectivity index (χ0n) is 29.4. The van der Waals surface area contributed by atoms with Gasteiger partial charge >= 0.3 is 0 Å². The minimum atomic E-state index is -0.338. The number of benzene rings is 7. The Bertz CT molecular complexity index is 2900. The third-order valence-corrected chi connectivity index (χ3v) is 10.5. The Kier molecular flexibility index (Phi) is 7.08. The van der Waals surface area contributed by atoms with Crippen LogP contribution in [-0.4, -0.2) is 19.5 Å². The first-order chi connectivity index (χ1) is 26.0. The van der Waals surface area contributed by atoms with Crippen molar-refractivity contribution in [2.24, 2.45) is 0 Å². The lowest BCUT2D eigenvalue weighted by Crippen LogP contribution is -2.19. The van der Waals surface area contributed by atoms with Crippen LogP contribution in [0.3, 0.4) is 0 Å². The van der Waals surface area contributed by atoms with E-state index in [1.54, 1.807) is 0 Å². The average molecular weight is 683 g/mol. The van der Waals surface area contributed by atoms with Gasteiger partial charge in [0.25, 0.3) is 0 Å². The predicted molar refractivity (Wildman–Crippen MR) is 216 cm³/mol. The maximum Gasteiger partial charge on any atom is 0.164 e. The summed E-state index contributed by atoms with van der Waals surface area (Å²) in [6.45, 7) is 4.59. The summed E-state index contributed by atoms with van der Waals surface area (Å²) in [5, 5.41) is 4.65. The normalized spacial score (nSPS) is 12.0. The Morgan fingerprint density at radius 1 is 0.415 bits per heavy atom. The Morgan fingerprint density at radius 2 is 0.981 bits per heavy atom. The van der Waals surface area contributed by atoms with Gasteiger partial charge in [0.2, 0.25) is 0 Å². The molecule has 3 aromatic heterocycles. The Balaban J connectivity index is 1.13. The van der Waals surface area contributed by atoms with Crippen LogP contribution in [0.5, 0.6) is 0 Å². The molecule has 0 radical (unpaired) electrons. The van der Waals surface area contributed by atoms with E-state index in [-0.39, 0.29) is 5.41 Å². The molecule has 5 nitrogen and oxygen atoms in total. The zero-order valence-corrected chi connectivity index (χ0v) is 29.4. The molecular formula is C48H34N4O. The maximum atomic E-state index is 6.37. The highest BCUT2D eigenvalue weighted by atomic mass is 16.3. The highest BCUT2D eigenvalue weighted by molar-refractivity contribution is 6.17. The summed E-state index contributed by atoms with van der Waals surface area (Å²) in [6, 6.07) is 59.2. The number of furan rings is 1. The van der Waals surface area contributed by atoms with Crippen molar-refractivity contribution in [1.82, 2.24) is 19.5 Å². The first kappa shape index (κ1) is 30.9. The van der Waals surface area contributed by atoms with Gasteiger partial charge in [-0.25, -0.2) is 15.0 Å². The van der Waals surface area contributed by atoms with Crippen molar-refractivity contribution in [3.05, 3.63) is 181 Å². The van der Waals surface area contributed by atoms with Crippen LogP contribution < -0.4 is 0 Å². The monoisotopic (exact) mass is 682 g/mol. The van der Waals surface area contributed by atoms with E-state index < -0.39 is 0 Å². The molecular weight excluding hydrogens is 649 g/mol. The fourth-order valence-corrected chi connectivity index (χ4v) is 7.63. The van der Waals surface area contributed by atoms with E-state index in [9.17, 15) is 0 Å². The van der Waals surface area contributed by atoms with Gasteiger partial charge in [0.1, 0.15) is 11.2 Å². The van der Waals surface area contributed by atoms with Gasteiger partial charge in [-0.3, -0.25) is 0 Å². The molecule has 10 rings (SSSR count). The highest BCUT2D eigenvalue weighted by Crippen LogP contribution is 2.41. The lowest BCUT2D eigenvalue weighted by Gasteiger charge is -2.27. The van der Waals surface area contributed by atoms with Crippen LogP contribution in [0.1, 0.15) is 25.0 Å². The number of rotatable bonds is 6. The van der Waals surface area contributed by atoms with E-state index in [4.69, 9.17) is 19.4 Å². The number of nitrogens with zero attached hydrogens (tertiary/aromatic N) is 4. The predicted octanol–water partition coefficient (Wildman–Crippen LogP) is 12.2. The largest absolute Gasteiger partial charge is 0.456 e. The SMILES string of the molecule is CC(C)(c1cccc(-c2nc(-c3ccccc3)nc(-c3ccccc3)n2)c1)c1ccc2c(c1)c1cc3c(cc1n2-c1ccccc1)oc1ccccc13. The summed E-state index contributed by atoms with van der Waals surface area (Å²) in [5.41, 5.74) is 10.1. The van der Waals surface area contributed by atoms with Crippen molar-refractivity contribution < 1.29 is 4.42 Å². The van der Waals surface area contributed by atoms with Crippen LogP contribution in [0.2, 0.25) is 0 Å². The molecule has 0 aliphatic carbocycles. The third kappa shape index (κ3) is 5.20. The second-order valence-electron chi connectivity index (χ2n) is 14.1. The minimum Gasteiger partial charge on any atom is -0.456 e. The molecule has 0 aliphatic heterocycles. The molecule has 10 aromatic rings. The van der Waals surface area contributed by atoms with Gasteiger partial charge in [-0.1, -0.05) is 135 Å². The summed E-state index contributed by atoms with van der Waals surface area (Å²) >= 11 is 0. The van der Waals surface area contributed by atoms with Crippen molar-refractivity contribution in [2.45, 2.75) is 19.3 Å². The van der Waals surface area contributed by atoms with E-state index in [0.717, 1.165) is 55.3 Å². The van der Waals surface area contributed by atoms with E-state index in [0.29, 0.717) is 17.5 Å². The van der Waals surface area contributed by atoms with Crippen LogP contribution in [0.25, 0.3) is 83.6 Å². The Hall–Kier alpha value is -6.85. The topological polar surface area (TPSA) is 56.7 Å². The molecule has 0 aliphatic rings. The van der Waals surface area contributed by atoms with Gasteiger partial charge < -0.3 is 8.98 Å². The van der Waals surface area contributed by atoms with Gasteiger partial charge in [-0.15, -0.1) is 0 Å². The van der Waals surface area contributed by atoms with Gasteiger partial charge in [-0.05, 0) is 53.6 Å². The molecule has 3 heterocycles. The molecule has 7 aromatic carbocycles. The van der Waals surface area contributed by atoms with E-state index in [1.165, 1.54) is 21.9 Å². The van der Waals surface area contributed by atoms with Gasteiger partial charge in [-0.2, -0.15) is 0 Å². The molecule has 0 saturated carbocycles. The fraction of sp³-hybridized carbons (Fsp3) is 0.0625. The molecule has 0 amide bonds. The standard InChI is InChI=1S/C48H34N4O/c1-48(2,34-20-14-19-33(27-34)47-50-45(31-15-6-3-7-16-31)49-46(51-47)32-17-8-4-9-18-32)35-25-26-41-38(28-35)39-29-40-37-23-12-13-24-43(37)53-44(40)30-42(39)52(41)36-21-10-5-11-22-36/h3-30H,1-2H3. The van der Waals surface area contributed by atoms with E-state index in [1.807, 2.05) is 72.8 Å². The Labute approximate surface area is 306 Å². The van der Waals surface area contributed by atoms with Gasteiger partial charge in [0, 0.05) is 55.4 Å². The molecule has 5 heteroatoms. The summed E-state index contributed by atoms with van der Waals surface area (Å²) in [5.74, 6) is 1.95. The highest BCUT2D eigenvalue weighted by Gasteiger charge is 2.26. The van der Waals surface area contributed by atoms with Gasteiger partial charge in [0.05, 0.1) is 11.0 Å². The first-order valence-corrected chi connectivity index (χ1v) is 17.9. The maximum absolute atomic E-state index is 6.37. The van der Waals surface area contributed by atoms with Crippen molar-refractivity contribution in [2.75, 3.05) is 0 Å². The molecule has 0 fully saturated rings. The number of aromatic nitrogens is 4. The summed E-state index contributed by atoms with van der Waals surface area (Å²) in [7, 11) is 0. The Morgan fingerprint density at radius 3 is 1.68 bits per heavy atom. The molecule has 53 heavy (non-hydrogen) atoms. The molecule has 252 valence electrons. The van der Waals surface area contributed by atoms with Crippen LogP contribution in [0.4, 0.5) is 0 Å². The quantitative estimate of drug-likeness (QED) is 0.175. The fourth-order valence-electron chi connectivity index (χ4n) is 7.63. The zero-order chi connectivity index (χ0) is 35.5. The van der Waals surface area contributed by atoms with Crippen LogP contribution in [0, 0.1) is 0 Å².